The summed E-state index contributed by atoms with van der Waals surface area (Å²) >= 11 is 7.40. The van der Waals surface area contributed by atoms with Crippen LogP contribution >= 0.6 is 22.9 Å². The van der Waals surface area contributed by atoms with Crippen molar-refractivity contribution in [3.63, 3.8) is 0 Å². The van der Waals surface area contributed by atoms with Crippen molar-refractivity contribution in [3.8, 4) is 12.1 Å². The van der Waals surface area contributed by atoms with Crippen LogP contribution in [0.2, 0.25) is 0 Å². The molecule has 0 saturated heterocycles. The molecule has 94 valence electrons. The molecule has 1 atom stereocenters. The smallest absolute Gasteiger partial charge is 0.348 e. The molecule has 0 amide bonds. The Bertz CT molecular complexity index is 515. The number of halogens is 1. The number of carbonyl (C=O) groups excluding carboxylic acids is 1. The van der Waals surface area contributed by atoms with E-state index in [0.29, 0.717) is 10.4 Å². The highest BCUT2D eigenvalue weighted by molar-refractivity contribution is 7.12. The first-order chi connectivity index (χ1) is 8.56. The van der Waals surface area contributed by atoms with E-state index in [1.165, 1.54) is 18.4 Å². The van der Waals surface area contributed by atoms with Gasteiger partial charge in [-0.2, -0.15) is 10.5 Å². The van der Waals surface area contributed by atoms with Crippen molar-refractivity contribution >= 4 is 28.9 Å². The van der Waals surface area contributed by atoms with E-state index in [-0.39, 0.29) is 19.3 Å². The van der Waals surface area contributed by atoms with Gasteiger partial charge in [-0.15, -0.1) is 22.9 Å². The summed E-state index contributed by atoms with van der Waals surface area (Å²) in [6.45, 7) is 0. The number of hydrogen-bond donors (Lipinski definition) is 0. The summed E-state index contributed by atoms with van der Waals surface area (Å²) in [4.78, 5) is 10.8. The van der Waals surface area contributed by atoms with Crippen LogP contribution in [0.15, 0.2) is 11.4 Å². The predicted molar refractivity (Wildman–Crippen MR) is 68.4 cm³/mol. The van der Waals surface area contributed by atoms with Crippen LogP contribution in [0.3, 0.4) is 0 Å². The van der Waals surface area contributed by atoms with Crippen molar-refractivity contribution in [2.45, 2.75) is 24.1 Å². The Morgan fingerprint density at radius 1 is 1.61 bits per heavy atom. The van der Waals surface area contributed by atoms with Gasteiger partial charge in [0.1, 0.15) is 9.75 Å². The van der Waals surface area contributed by atoms with Gasteiger partial charge in [0.05, 0.1) is 19.2 Å². The number of thiophene rings is 1. The third kappa shape index (κ3) is 3.46. The molecule has 18 heavy (non-hydrogen) atoms. The summed E-state index contributed by atoms with van der Waals surface area (Å²) < 4.78 is 4.66. The molecule has 1 aromatic rings. The molecule has 0 spiro atoms. The molecule has 1 heterocycles. The third-order valence-corrected chi connectivity index (χ3v) is 3.77. The molecule has 0 aliphatic carbocycles. The van der Waals surface area contributed by atoms with Crippen molar-refractivity contribution in [3.05, 3.63) is 21.9 Å². The van der Waals surface area contributed by atoms with E-state index in [9.17, 15) is 4.79 Å². The normalized spacial score (nSPS) is 13.1. The van der Waals surface area contributed by atoms with E-state index in [0.717, 1.165) is 0 Å². The number of alkyl halides is 1. The molecular weight excluding hydrogens is 272 g/mol. The van der Waals surface area contributed by atoms with Crippen molar-refractivity contribution in [1.29, 1.82) is 10.5 Å². The average Bonchev–Trinajstić information content (AvgIpc) is 2.83. The first-order valence-electron chi connectivity index (χ1n) is 5.18. The summed E-state index contributed by atoms with van der Waals surface area (Å²) in [5, 5.41) is 19.4. The van der Waals surface area contributed by atoms with E-state index >= 15 is 0 Å². The van der Waals surface area contributed by atoms with Gasteiger partial charge in [-0.25, -0.2) is 4.79 Å². The number of nitrogens with zero attached hydrogens (tertiary/aromatic N) is 2. The molecular formula is C12H11ClN2O2S. The first-order valence-corrected chi connectivity index (χ1v) is 6.44. The highest BCUT2D eigenvalue weighted by Crippen LogP contribution is 2.29. The number of carbonyl (C=O) groups is 1. The van der Waals surface area contributed by atoms with Crippen molar-refractivity contribution in [2.24, 2.45) is 0 Å². The second-order valence-corrected chi connectivity index (χ2v) is 5.32. The monoisotopic (exact) mass is 282 g/mol. The molecule has 0 saturated carbocycles. The number of hydrogen-bond acceptors (Lipinski definition) is 5. The summed E-state index contributed by atoms with van der Waals surface area (Å²) in [6.07, 6.45) is 0.688. The zero-order valence-electron chi connectivity index (χ0n) is 9.77. The Labute approximate surface area is 114 Å². The Balaban J connectivity index is 2.90. The Kier molecular flexibility index (Phi) is 5.15. The lowest BCUT2D eigenvalue weighted by atomic mass is 9.95. The van der Waals surface area contributed by atoms with Crippen molar-refractivity contribution in [2.75, 3.05) is 7.11 Å². The summed E-state index contributed by atoms with van der Waals surface area (Å²) in [7, 11) is 1.31. The molecule has 1 unspecified atom stereocenters. The maximum absolute atomic E-state index is 11.5. The molecule has 0 aliphatic rings. The molecule has 4 nitrogen and oxygen atoms in total. The zero-order chi connectivity index (χ0) is 13.6. The fourth-order valence-electron chi connectivity index (χ4n) is 1.49. The van der Waals surface area contributed by atoms with Gasteiger partial charge in [-0.3, -0.25) is 0 Å². The number of rotatable bonds is 5. The standard InChI is InChI=1S/C12H11ClN2O2S/c1-17-11(16)10-9(3-6-18-10)7-12(13,8-15)4-2-5-14/h3,6H,2,4,7H2,1H3. The predicted octanol–water partition coefficient (Wildman–Crippen LogP) is 2.88. The Morgan fingerprint density at radius 2 is 2.33 bits per heavy atom. The van der Waals surface area contributed by atoms with Gasteiger partial charge < -0.3 is 4.74 Å². The van der Waals surface area contributed by atoms with E-state index < -0.39 is 10.8 Å². The fourth-order valence-corrected chi connectivity index (χ4v) is 2.56. The maximum atomic E-state index is 11.5. The van der Waals surface area contributed by atoms with Gasteiger partial charge in [0.25, 0.3) is 0 Å². The summed E-state index contributed by atoms with van der Waals surface area (Å²) in [6, 6.07) is 5.71. The van der Waals surface area contributed by atoms with Crippen LogP contribution in [0.25, 0.3) is 0 Å². The van der Waals surface area contributed by atoms with Gasteiger partial charge in [0, 0.05) is 12.8 Å². The van der Waals surface area contributed by atoms with Gasteiger partial charge in [0.2, 0.25) is 0 Å². The maximum Gasteiger partial charge on any atom is 0.348 e. The van der Waals surface area contributed by atoms with Crippen LogP contribution in [0.1, 0.15) is 28.1 Å². The van der Waals surface area contributed by atoms with E-state index in [1.807, 2.05) is 12.1 Å². The van der Waals surface area contributed by atoms with Gasteiger partial charge >= 0.3 is 5.97 Å². The minimum atomic E-state index is -1.15. The zero-order valence-corrected chi connectivity index (χ0v) is 11.3. The average molecular weight is 283 g/mol. The Hall–Kier alpha value is -1.56. The molecule has 1 aromatic heterocycles. The lowest BCUT2D eigenvalue weighted by Crippen LogP contribution is -2.23. The van der Waals surface area contributed by atoms with E-state index in [2.05, 4.69) is 4.74 Å². The second-order valence-electron chi connectivity index (χ2n) is 3.68. The van der Waals surface area contributed by atoms with Gasteiger partial charge in [-0.1, -0.05) is 0 Å². The van der Waals surface area contributed by atoms with Gasteiger partial charge in [0.15, 0.2) is 0 Å². The minimum Gasteiger partial charge on any atom is -0.465 e. The molecule has 0 fully saturated rings. The molecule has 0 bridgehead atoms. The lowest BCUT2D eigenvalue weighted by molar-refractivity contribution is 0.0605. The number of methoxy groups -OCH3 is 1. The number of ether oxygens (including phenoxy) is 1. The summed E-state index contributed by atoms with van der Waals surface area (Å²) in [5.41, 5.74) is 0.682. The SMILES string of the molecule is COC(=O)c1sccc1CC(Cl)(C#N)CCC#N. The second kappa shape index (κ2) is 6.39. The van der Waals surface area contributed by atoms with Crippen molar-refractivity contribution < 1.29 is 9.53 Å². The first kappa shape index (κ1) is 14.5. The van der Waals surface area contributed by atoms with Crippen LogP contribution in [0.5, 0.6) is 0 Å². The Morgan fingerprint density at radius 3 is 2.89 bits per heavy atom. The topological polar surface area (TPSA) is 73.9 Å². The van der Waals surface area contributed by atoms with Crippen LogP contribution in [0, 0.1) is 22.7 Å². The molecule has 0 radical (unpaired) electrons. The van der Waals surface area contributed by atoms with Crippen LogP contribution in [-0.2, 0) is 11.2 Å². The molecule has 1 rings (SSSR count). The molecule has 6 heteroatoms. The van der Waals surface area contributed by atoms with Gasteiger partial charge in [-0.05, 0) is 23.4 Å². The van der Waals surface area contributed by atoms with E-state index in [4.69, 9.17) is 22.1 Å². The number of nitriles is 2. The number of esters is 1. The van der Waals surface area contributed by atoms with Crippen LogP contribution < -0.4 is 0 Å². The molecule has 0 aromatic carbocycles. The third-order valence-electron chi connectivity index (χ3n) is 2.42. The molecule has 0 N–H and O–H groups in total. The molecule has 0 aliphatic heterocycles. The summed E-state index contributed by atoms with van der Waals surface area (Å²) in [5.74, 6) is -0.433. The fraction of sp³-hybridized carbons (Fsp3) is 0.417. The highest BCUT2D eigenvalue weighted by atomic mass is 35.5. The minimum absolute atomic E-state index is 0.203. The van der Waals surface area contributed by atoms with Crippen LogP contribution in [0.4, 0.5) is 0 Å². The highest BCUT2D eigenvalue weighted by Gasteiger charge is 2.29. The largest absolute Gasteiger partial charge is 0.465 e. The van der Waals surface area contributed by atoms with Crippen LogP contribution in [-0.4, -0.2) is 18.0 Å². The lowest BCUT2D eigenvalue weighted by Gasteiger charge is -2.17. The van der Waals surface area contributed by atoms with E-state index in [1.54, 1.807) is 11.4 Å². The quantitative estimate of drug-likeness (QED) is 0.615. The van der Waals surface area contributed by atoms with Crippen molar-refractivity contribution in [1.82, 2.24) is 0 Å².